The summed E-state index contributed by atoms with van der Waals surface area (Å²) in [6, 6.07) is 14.5. The number of H-pyrrole nitrogens is 1. The van der Waals surface area contributed by atoms with Crippen LogP contribution in [0.1, 0.15) is 39.8 Å². The van der Waals surface area contributed by atoms with Crippen molar-refractivity contribution in [2.45, 2.75) is 24.3 Å². The molecular formula is C24H18N3O4-. The lowest BCUT2D eigenvalue weighted by atomic mass is 9.55. The number of likely N-dealkylation sites (tertiary alicyclic amines) is 1. The maximum absolute atomic E-state index is 13.6. The summed E-state index contributed by atoms with van der Waals surface area (Å²) in [6.45, 7) is 0. The normalized spacial score (nSPS) is 26.4. The van der Waals surface area contributed by atoms with Crippen molar-refractivity contribution in [1.29, 1.82) is 0 Å². The van der Waals surface area contributed by atoms with E-state index in [1.54, 1.807) is 0 Å². The van der Waals surface area contributed by atoms with Crippen LogP contribution in [-0.4, -0.2) is 38.7 Å². The molecule has 7 rings (SSSR count). The third kappa shape index (κ3) is 2.34. The molecule has 3 atom stereocenters. The van der Waals surface area contributed by atoms with Crippen molar-refractivity contribution < 1.29 is 19.5 Å². The number of carbonyl (C=O) groups is 3. The summed E-state index contributed by atoms with van der Waals surface area (Å²) in [5.41, 5.74) is 4.73. The first-order valence-electron chi connectivity index (χ1n) is 10.3. The third-order valence-electron chi connectivity index (χ3n) is 7.03. The van der Waals surface area contributed by atoms with E-state index in [4.69, 9.17) is 0 Å². The molecule has 0 saturated carbocycles. The van der Waals surface area contributed by atoms with Crippen LogP contribution in [0.25, 0.3) is 0 Å². The lowest BCUT2D eigenvalue weighted by Gasteiger charge is -2.45. The van der Waals surface area contributed by atoms with Crippen LogP contribution >= 0.6 is 0 Å². The second-order valence-electron chi connectivity index (χ2n) is 8.43. The molecule has 2 heterocycles. The second-order valence-corrected chi connectivity index (χ2v) is 8.43. The predicted molar refractivity (Wildman–Crippen MR) is 106 cm³/mol. The van der Waals surface area contributed by atoms with Crippen LogP contribution in [0.5, 0.6) is 0 Å². The largest absolute Gasteiger partial charge is 0.548 e. The number of carboxylic acid groups (broad SMARTS) is 1. The predicted octanol–water partition coefficient (Wildman–Crippen LogP) is 0.963. The van der Waals surface area contributed by atoms with E-state index < -0.39 is 35.7 Å². The summed E-state index contributed by atoms with van der Waals surface area (Å²) in [6.07, 6.45) is 2.86. The zero-order valence-electron chi connectivity index (χ0n) is 16.4. The van der Waals surface area contributed by atoms with Crippen LogP contribution in [0, 0.1) is 11.8 Å². The monoisotopic (exact) mass is 412 g/mol. The zero-order chi connectivity index (χ0) is 21.3. The molecule has 2 bridgehead atoms. The molecule has 7 nitrogen and oxygen atoms in total. The van der Waals surface area contributed by atoms with E-state index in [0.29, 0.717) is 5.69 Å². The Kier molecular flexibility index (Phi) is 3.72. The first-order chi connectivity index (χ1) is 15.1. The Hall–Kier alpha value is -3.74. The highest BCUT2D eigenvalue weighted by atomic mass is 16.4. The van der Waals surface area contributed by atoms with E-state index in [1.807, 2.05) is 48.5 Å². The number of carboxylic acids is 1. The van der Waals surface area contributed by atoms with E-state index in [9.17, 15) is 19.5 Å². The van der Waals surface area contributed by atoms with Gasteiger partial charge in [0.15, 0.2) is 0 Å². The standard InChI is InChI=1S/C24H19N3O4/c28-22-20-18-13-5-1-2-6-14(13)19(16-8-4-3-7-15(16)18)21(20)23(29)27(22)17(24(30)31)9-12-10-25-11-26-12/h1-8,10-11,17-21H,9H2,(H,25,26)(H,30,31)/p-1/t17-,18?,19?,20-,21-/m0/s1. The van der Waals surface area contributed by atoms with Gasteiger partial charge < -0.3 is 14.9 Å². The number of nitrogens with zero attached hydrogens (tertiary/aromatic N) is 2. The number of carbonyl (C=O) groups excluding carboxylic acids is 3. The molecule has 0 unspecified atom stereocenters. The molecule has 3 aromatic rings. The van der Waals surface area contributed by atoms with Crippen LogP contribution in [0.15, 0.2) is 61.1 Å². The molecule has 31 heavy (non-hydrogen) atoms. The molecule has 3 aliphatic carbocycles. The van der Waals surface area contributed by atoms with Gasteiger partial charge in [0, 0.05) is 30.1 Å². The molecule has 1 fully saturated rings. The van der Waals surface area contributed by atoms with Gasteiger partial charge in [0.1, 0.15) is 0 Å². The Labute approximate surface area is 177 Å². The molecule has 1 N–H and O–H groups in total. The molecule has 1 aromatic heterocycles. The molecule has 1 saturated heterocycles. The highest BCUT2D eigenvalue weighted by Gasteiger charge is 2.62. The third-order valence-corrected chi connectivity index (χ3v) is 7.03. The van der Waals surface area contributed by atoms with Gasteiger partial charge in [0.05, 0.1) is 30.2 Å². The fourth-order valence-electron chi connectivity index (χ4n) is 5.89. The van der Waals surface area contributed by atoms with E-state index in [0.717, 1.165) is 27.2 Å². The Morgan fingerprint density at radius 2 is 1.42 bits per heavy atom. The number of imidazole rings is 1. The lowest BCUT2D eigenvalue weighted by Crippen LogP contribution is -2.52. The number of hydrogen-bond donors (Lipinski definition) is 1. The Morgan fingerprint density at radius 3 is 1.81 bits per heavy atom. The number of aliphatic carboxylic acids is 1. The number of benzene rings is 2. The SMILES string of the molecule is O=C([O-])[C@H](Cc1cnc[nH]1)N1C(=O)[C@H]2C3c4ccccc4C(c4ccccc43)[C@@H]2C1=O. The molecule has 4 aliphatic rings. The number of nitrogens with one attached hydrogen (secondary N) is 1. The molecule has 2 amide bonds. The van der Waals surface area contributed by atoms with E-state index in [2.05, 4.69) is 9.97 Å². The molecule has 0 radical (unpaired) electrons. The van der Waals surface area contributed by atoms with Crippen molar-refractivity contribution in [3.63, 3.8) is 0 Å². The highest BCUT2D eigenvalue weighted by Crippen LogP contribution is 2.61. The second kappa shape index (κ2) is 6.38. The highest BCUT2D eigenvalue weighted by molar-refractivity contribution is 6.09. The maximum atomic E-state index is 13.6. The number of rotatable bonds is 4. The van der Waals surface area contributed by atoms with Crippen LogP contribution < -0.4 is 5.11 Å². The van der Waals surface area contributed by atoms with Gasteiger partial charge in [0.2, 0.25) is 11.8 Å². The Bertz CT molecular complexity index is 1120. The minimum Gasteiger partial charge on any atom is -0.548 e. The lowest BCUT2D eigenvalue weighted by molar-refractivity contribution is -0.310. The number of aromatic nitrogens is 2. The quantitative estimate of drug-likeness (QED) is 0.643. The Morgan fingerprint density at radius 1 is 0.935 bits per heavy atom. The molecule has 1 aliphatic heterocycles. The molecule has 0 spiro atoms. The molecule has 7 heteroatoms. The number of imide groups is 1. The first-order valence-corrected chi connectivity index (χ1v) is 10.3. The van der Waals surface area contributed by atoms with Gasteiger partial charge in [-0.3, -0.25) is 14.5 Å². The minimum atomic E-state index is -1.45. The van der Waals surface area contributed by atoms with Gasteiger partial charge in [-0.2, -0.15) is 0 Å². The fourth-order valence-corrected chi connectivity index (χ4v) is 5.89. The zero-order valence-corrected chi connectivity index (χ0v) is 16.4. The Balaban J connectivity index is 1.49. The molecule has 2 aromatic carbocycles. The van der Waals surface area contributed by atoms with Crippen LogP contribution in [0.4, 0.5) is 0 Å². The van der Waals surface area contributed by atoms with E-state index >= 15 is 0 Å². The summed E-state index contributed by atoms with van der Waals surface area (Å²) in [4.78, 5) is 47.0. The average Bonchev–Trinajstić information content (AvgIpc) is 3.39. The van der Waals surface area contributed by atoms with Crippen molar-refractivity contribution in [3.8, 4) is 0 Å². The van der Waals surface area contributed by atoms with Crippen molar-refractivity contribution in [2.75, 3.05) is 0 Å². The van der Waals surface area contributed by atoms with Crippen molar-refractivity contribution in [2.24, 2.45) is 11.8 Å². The summed E-state index contributed by atoms with van der Waals surface area (Å²) < 4.78 is 0. The van der Waals surface area contributed by atoms with E-state index in [1.165, 1.54) is 12.5 Å². The fraction of sp³-hybridized carbons (Fsp3) is 0.250. The number of aromatic amines is 1. The summed E-state index contributed by atoms with van der Waals surface area (Å²) in [5, 5.41) is 12.0. The van der Waals surface area contributed by atoms with Gasteiger partial charge in [0.25, 0.3) is 0 Å². The topological polar surface area (TPSA) is 106 Å². The van der Waals surface area contributed by atoms with Crippen LogP contribution in [0.3, 0.4) is 0 Å². The van der Waals surface area contributed by atoms with Gasteiger partial charge in [-0.25, -0.2) is 4.98 Å². The van der Waals surface area contributed by atoms with Crippen molar-refractivity contribution in [3.05, 3.63) is 89.0 Å². The van der Waals surface area contributed by atoms with E-state index in [-0.39, 0.29) is 18.3 Å². The smallest absolute Gasteiger partial charge is 0.234 e. The van der Waals surface area contributed by atoms with Crippen LogP contribution in [0.2, 0.25) is 0 Å². The minimum absolute atomic E-state index is 0.0610. The first kappa shape index (κ1) is 18.1. The number of amides is 2. The summed E-state index contributed by atoms with van der Waals surface area (Å²) in [5.74, 6) is -4.04. The summed E-state index contributed by atoms with van der Waals surface area (Å²) in [7, 11) is 0. The maximum Gasteiger partial charge on any atom is 0.234 e. The van der Waals surface area contributed by atoms with Crippen LogP contribution in [-0.2, 0) is 20.8 Å². The van der Waals surface area contributed by atoms with Crippen molar-refractivity contribution >= 4 is 17.8 Å². The van der Waals surface area contributed by atoms with Gasteiger partial charge >= 0.3 is 0 Å². The van der Waals surface area contributed by atoms with Crippen molar-refractivity contribution in [1.82, 2.24) is 14.9 Å². The van der Waals surface area contributed by atoms with Gasteiger partial charge in [-0.15, -0.1) is 0 Å². The van der Waals surface area contributed by atoms with Gasteiger partial charge in [-0.05, 0) is 22.3 Å². The molecule has 154 valence electrons. The number of hydrogen-bond acceptors (Lipinski definition) is 5. The molecular weight excluding hydrogens is 394 g/mol. The van der Waals surface area contributed by atoms with Gasteiger partial charge in [-0.1, -0.05) is 48.5 Å². The average molecular weight is 412 g/mol. The summed E-state index contributed by atoms with van der Waals surface area (Å²) >= 11 is 0.